The Hall–Kier alpha value is -1.97. The Labute approximate surface area is 185 Å². The van der Waals surface area contributed by atoms with E-state index in [9.17, 15) is 14.9 Å². The van der Waals surface area contributed by atoms with Gasteiger partial charge in [-0.3, -0.25) is 4.79 Å². The number of ketones is 1. The number of nitriles is 1. The highest BCUT2D eigenvalue weighted by atomic mass is 16.6. The lowest BCUT2D eigenvalue weighted by Gasteiger charge is -2.44. The fraction of sp³-hybridized carbons (Fsp3) is 0.720. The van der Waals surface area contributed by atoms with Crippen LogP contribution in [0.2, 0.25) is 0 Å². The minimum Gasteiger partial charge on any atom is -0.460 e. The summed E-state index contributed by atoms with van der Waals surface area (Å²) in [4.78, 5) is 26.2. The van der Waals surface area contributed by atoms with Crippen LogP contribution in [-0.2, 0) is 23.8 Å². The van der Waals surface area contributed by atoms with E-state index in [0.29, 0.717) is 6.42 Å². The molecule has 31 heavy (non-hydrogen) atoms. The Bertz CT molecular complexity index is 811. The molecule has 170 valence electrons. The summed E-state index contributed by atoms with van der Waals surface area (Å²) in [6.07, 6.45) is 3.78. The number of rotatable bonds is 8. The normalized spacial score (nSPS) is 37.9. The van der Waals surface area contributed by atoms with Gasteiger partial charge in [0, 0.05) is 24.9 Å². The quantitative estimate of drug-likeness (QED) is 0.430. The molecule has 6 nitrogen and oxygen atoms in total. The molecule has 0 radical (unpaired) electrons. The third-order valence-electron chi connectivity index (χ3n) is 7.57. The number of carbonyl (C=O) groups is 2. The molecule has 6 heteroatoms. The van der Waals surface area contributed by atoms with Crippen LogP contribution in [0, 0.1) is 46.8 Å². The SMILES string of the molecule is C=C(C)[C@]12O[C@@H]3[C@H](C=C[C@@H]1C[C@H](OC)C(=O)O[C@H](CC)C(C)C)[C@H]2C(=O)C(C)[C@H]3C#N. The molecule has 0 spiro atoms. The molecule has 4 bridgehead atoms. The molecule has 0 N–H and O–H groups in total. The first kappa shape index (κ1) is 23.7. The smallest absolute Gasteiger partial charge is 0.335 e. The maximum Gasteiger partial charge on any atom is 0.335 e. The van der Waals surface area contributed by atoms with Gasteiger partial charge in [-0.1, -0.05) is 46.4 Å². The van der Waals surface area contributed by atoms with Gasteiger partial charge in [0.1, 0.15) is 17.5 Å². The minimum atomic E-state index is -0.930. The molecular formula is C25H35NO5. The maximum absolute atomic E-state index is 13.3. The zero-order chi connectivity index (χ0) is 23.1. The summed E-state index contributed by atoms with van der Waals surface area (Å²) in [5.41, 5.74) is -0.185. The van der Waals surface area contributed by atoms with Crippen LogP contribution in [0.5, 0.6) is 0 Å². The highest BCUT2D eigenvalue weighted by Gasteiger charge is 2.68. The largest absolute Gasteiger partial charge is 0.460 e. The van der Waals surface area contributed by atoms with Crippen LogP contribution in [0.15, 0.2) is 24.3 Å². The number of carbonyl (C=O) groups excluding carboxylic acids is 2. The van der Waals surface area contributed by atoms with Gasteiger partial charge < -0.3 is 14.2 Å². The third kappa shape index (κ3) is 3.66. The topological polar surface area (TPSA) is 85.6 Å². The fourth-order valence-corrected chi connectivity index (χ4v) is 5.81. The van der Waals surface area contributed by atoms with E-state index >= 15 is 0 Å². The van der Waals surface area contributed by atoms with Gasteiger partial charge in [0.15, 0.2) is 6.10 Å². The maximum atomic E-state index is 13.3. The molecule has 0 aromatic rings. The first-order valence-corrected chi connectivity index (χ1v) is 11.3. The van der Waals surface area contributed by atoms with Crippen LogP contribution in [-0.4, -0.2) is 42.8 Å². The molecule has 0 amide bonds. The lowest BCUT2D eigenvalue weighted by atomic mass is 9.57. The summed E-state index contributed by atoms with van der Waals surface area (Å²) in [6.45, 7) is 13.9. The van der Waals surface area contributed by atoms with Gasteiger partial charge >= 0.3 is 5.97 Å². The molecule has 2 fully saturated rings. The lowest BCUT2D eigenvalue weighted by molar-refractivity contribution is -0.165. The van der Waals surface area contributed by atoms with Crippen molar-refractivity contribution < 1.29 is 23.8 Å². The Kier molecular flexibility index (Phi) is 6.78. The summed E-state index contributed by atoms with van der Waals surface area (Å²) in [5, 5.41) is 9.71. The van der Waals surface area contributed by atoms with Crippen molar-refractivity contribution in [2.24, 2.45) is 35.5 Å². The summed E-state index contributed by atoms with van der Waals surface area (Å²) in [7, 11) is 1.50. The summed E-state index contributed by atoms with van der Waals surface area (Å²) < 4.78 is 17.8. The van der Waals surface area contributed by atoms with E-state index in [1.165, 1.54) is 7.11 Å². The number of Topliss-reactive ketones (excluding diaryl/α,β-unsaturated/α-hetero) is 1. The number of hydrogen-bond donors (Lipinski definition) is 0. The van der Waals surface area contributed by atoms with Crippen LogP contribution >= 0.6 is 0 Å². The van der Waals surface area contributed by atoms with Crippen molar-refractivity contribution in [3.05, 3.63) is 24.3 Å². The second kappa shape index (κ2) is 8.88. The summed E-state index contributed by atoms with van der Waals surface area (Å²) >= 11 is 0. The Morgan fingerprint density at radius 2 is 2.06 bits per heavy atom. The van der Waals surface area contributed by atoms with Crippen molar-refractivity contribution in [2.75, 3.05) is 7.11 Å². The van der Waals surface area contributed by atoms with Gasteiger partial charge in [-0.25, -0.2) is 4.79 Å². The van der Waals surface area contributed by atoms with Gasteiger partial charge in [0.25, 0.3) is 0 Å². The zero-order valence-electron chi connectivity index (χ0n) is 19.5. The van der Waals surface area contributed by atoms with Crippen molar-refractivity contribution in [2.45, 2.75) is 71.4 Å². The second-order valence-electron chi connectivity index (χ2n) is 9.64. The summed E-state index contributed by atoms with van der Waals surface area (Å²) in [5.74, 6) is -1.82. The van der Waals surface area contributed by atoms with Crippen LogP contribution in [0.3, 0.4) is 0 Å². The average Bonchev–Trinajstić information content (AvgIpc) is 2.92. The Balaban J connectivity index is 1.91. The molecular weight excluding hydrogens is 394 g/mol. The number of ether oxygens (including phenoxy) is 3. The highest BCUT2D eigenvalue weighted by molar-refractivity contribution is 5.88. The number of methoxy groups -OCH3 is 1. The van der Waals surface area contributed by atoms with Crippen molar-refractivity contribution >= 4 is 11.8 Å². The van der Waals surface area contributed by atoms with E-state index in [0.717, 1.165) is 12.0 Å². The molecule has 3 aliphatic rings. The van der Waals surface area contributed by atoms with Crippen LogP contribution < -0.4 is 0 Å². The predicted molar refractivity (Wildman–Crippen MR) is 116 cm³/mol. The highest BCUT2D eigenvalue weighted by Crippen LogP contribution is 2.60. The van der Waals surface area contributed by atoms with Crippen LogP contribution in [0.1, 0.15) is 47.5 Å². The lowest BCUT2D eigenvalue weighted by Crippen LogP contribution is -2.53. The molecule has 1 unspecified atom stereocenters. The van der Waals surface area contributed by atoms with Gasteiger partial charge in [0.05, 0.1) is 24.0 Å². The van der Waals surface area contributed by atoms with E-state index in [2.05, 4.69) is 12.6 Å². The first-order chi connectivity index (χ1) is 14.6. The van der Waals surface area contributed by atoms with E-state index < -0.39 is 29.5 Å². The molecule has 1 saturated carbocycles. The van der Waals surface area contributed by atoms with Crippen molar-refractivity contribution in [3.63, 3.8) is 0 Å². The average molecular weight is 430 g/mol. The molecule has 1 aliphatic heterocycles. The van der Waals surface area contributed by atoms with E-state index in [1.54, 1.807) is 0 Å². The van der Waals surface area contributed by atoms with Gasteiger partial charge in [0.2, 0.25) is 0 Å². The monoisotopic (exact) mass is 429 g/mol. The van der Waals surface area contributed by atoms with E-state index in [4.69, 9.17) is 14.2 Å². The Morgan fingerprint density at radius 3 is 2.58 bits per heavy atom. The van der Waals surface area contributed by atoms with Gasteiger partial charge in [-0.15, -0.1) is 0 Å². The molecule has 1 saturated heterocycles. The standard InChI is InChI=1S/C25H35NO5/c1-8-19(13(2)3)30-24(28)20(29-7)11-16-9-10-17-21-22(27)15(6)18(12-26)23(17)31-25(16,21)14(4)5/h9-10,13,15-21,23H,4,8,11H2,1-3,5-7H3/t15?,16-,17-,18-,19-,20+,21+,23-,25+/m1/s1. The molecule has 3 rings (SSSR count). The zero-order valence-corrected chi connectivity index (χ0v) is 19.5. The predicted octanol–water partition coefficient (Wildman–Crippen LogP) is 3.86. The number of nitrogens with zero attached hydrogens (tertiary/aromatic N) is 1. The molecule has 1 heterocycles. The molecule has 9 atom stereocenters. The fourth-order valence-electron chi connectivity index (χ4n) is 5.81. The van der Waals surface area contributed by atoms with Crippen LogP contribution in [0.4, 0.5) is 0 Å². The van der Waals surface area contributed by atoms with E-state index in [-0.39, 0.29) is 41.7 Å². The van der Waals surface area contributed by atoms with Crippen molar-refractivity contribution in [1.29, 1.82) is 5.26 Å². The molecule has 0 aromatic carbocycles. The third-order valence-corrected chi connectivity index (χ3v) is 7.57. The number of esters is 1. The van der Waals surface area contributed by atoms with Gasteiger partial charge in [-0.05, 0) is 31.3 Å². The minimum absolute atomic E-state index is 0.0463. The second-order valence-corrected chi connectivity index (χ2v) is 9.64. The number of hydrogen-bond acceptors (Lipinski definition) is 6. The first-order valence-electron chi connectivity index (χ1n) is 11.3. The van der Waals surface area contributed by atoms with Crippen molar-refractivity contribution in [3.8, 4) is 6.07 Å². The molecule has 2 aliphatic carbocycles. The van der Waals surface area contributed by atoms with Gasteiger partial charge in [-0.2, -0.15) is 5.26 Å². The van der Waals surface area contributed by atoms with Crippen molar-refractivity contribution in [1.82, 2.24) is 0 Å². The summed E-state index contributed by atoms with van der Waals surface area (Å²) in [6, 6.07) is 2.30. The van der Waals surface area contributed by atoms with Crippen LogP contribution in [0.25, 0.3) is 0 Å². The molecule has 0 aromatic heterocycles. The van der Waals surface area contributed by atoms with E-state index in [1.807, 2.05) is 46.8 Å². The Morgan fingerprint density at radius 1 is 1.39 bits per heavy atom.